The number of nitro groups is 3. The molecule has 0 amide bonds. The maximum Gasteiger partial charge on any atom is 0.308 e. The largest absolute Gasteiger partial charge is 0.542 e. The van der Waals surface area contributed by atoms with Crippen molar-refractivity contribution in [2.75, 3.05) is 47.3 Å². The second-order valence-electron chi connectivity index (χ2n) is 32.7. The van der Waals surface area contributed by atoms with E-state index in [9.17, 15) is 53.4 Å². The first-order valence-electron chi connectivity index (χ1n) is 41.2. The van der Waals surface area contributed by atoms with E-state index in [1.54, 1.807) is 55.6 Å². The van der Waals surface area contributed by atoms with Gasteiger partial charge in [0.1, 0.15) is 39.8 Å². The Kier molecular flexibility index (Phi) is 57.7. The van der Waals surface area contributed by atoms with Crippen LogP contribution in [0, 0.1) is 36.4 Å². The number of nitrogen functional groups attached to an aromatic ring is 3. The van der Waals surface area contributed by atoms with Gasteiger partial charge in [-0.3, -0.25) is 54.1 Å². The first-order valence-corrected chi connectivity index (χ1v) is 59.2. The maximum atomic E-state index is 11.8. The van der Waals surface area contributed by atoms with Crippen LogP contribution in [0.15, 0.2) is 160 Å². The van der Waals surface area contributed by atoms with E-state index < -0.39 is 46.7 Å². The molecule has 16 N–H and O–H groups in total. The van der Waals surface area contributed by atoms with Gasteiger partial charge in [-0.1, -0.05) is 124 Å². The summed E-state index contributed by atoms with van der Waals surface area (Å²) in [6.45, 7) is 24.1. The number of nitrogens with two attached hydrogens (primary N) is 4. The van der Waals surface area contributed by atoms with E-state index in [4.69, 9.17) is 77.4 Å². The molecule has 6 heterocycles. The molecule has 4 fully saturated rings. The molecular weight excluding hydrogens is 2440 g/mol. The number of ether oxygens (including phenoxy) is 1. The molecule has 3 saturated carbocycles. The van der Waals surface area contributed by atoms with Crippen LogP contribution in [0.3, 0.4) is 0 Å². The lowest BCUT2D eigenvalue weighted by atomic mass is 9.93. The van der Waals surface area contributed by atoms with Crippen LogP contribution in [-0.2, 0) is 28.6 Å². The van der Waals surface area contributed by atoms with Crippen molar-refractivity contribution in [1.82, 2.24) is 49.8 Å². The van der Waals surface area contributed by atoms with Crippen molar-refractivity contribution in [2.24, 2.45) is 5.73 Å². The summed E-state index contributed by atoms with van der Waals surface area (Å²) in [7, 11) is -6.62. The van der Waals surface area contributed by atoms with E-state index >= 15 is 0 Å². The molecule has 38 nitrogen and oxygen atoms in total. The summed E-state index contributed by atoms with van der Waals surface area (Å²) in [5, 5.41) is 92.7. The number of halogens is 11. The number of rotatable bonds is 12. The van der Waals surface area contributed by atoms with Crippen molar-refractivity contribution < 1.29 is 81.2 Å². The standard InChI is InChI=1S/C14H19BrN2OSi.C11H16BrN3O3S.C10H14BrN3O.C8H5BrN2O.2C6H5BrN2O3.C6H15ClSi.C6H6N2O3.C6H13NO.C5H10O.C4H2BrFN2.C2H2O2.Br2/c1-14(2,3)19(4,5)18-12-9-10(15)8-11-13(12)17-7-6-16-11;1-19(16,17)18-10-4-2-9(3-5-10)15-11-13-6-8(12)7-14-11;11-7-5-12-10(13-6-7)14-8-1-3-9(15)4-2-8;9-5-3-6-8(7(12)4-5)11-2-1-10-6;2*7-3-1-4(9(11)12)6(8)5(10)2-3;1-6(2,3)8(4,5)7;7-6-4(8(10)11)2-1-3-5(6)9;7-5-1-3-6(8)4-2-5;1-2-4-6-5-3-1;5-3-1-7-4(6)8-2-3;3-1-2-4;1-2/h6-9H,1-5H3;6-7,9-10H,2-5H2,1H3,(H,13,14,15);5-6,8-9,15H,1-4H2,(H,12,13,14);1-4,12H;2*1-2,10H,8H2;1-5H3;1-3,9H,7H2;5-6,8H,1-4,7H2;1-5H2;1-2H;1-2H;. The minimum absolute atomic E-state index is 0.0604. The van der Waals surface area contributed by atoms with Crippen molar-refractivity contribution in [3.05, 3.63) is 196 Å². The Labute approximate surface area is 868 Å². The van der Waals surface area contributed by atoms with Gasteiger partial charge in [0, 0.05) is 158 Å². The van der Waals surface area contributed by atoms with Crippen LogP contribution in [0.4, 0.5) is 50.4 Å². The number of aliphatic hydroxyl groups is 2. The van der Waals surface area contributed by atoms with Crippen molar-refractivity contribution in [2.45, 2.75) is 211 Å². The topological polar surface area (TPSA) is 604 Å². The molecule has 1 saturated heterocycles. The number of phenolic OH excluding ortho intramolecular Hbond substituents is 4. The quantitative estimate of drug-likeness (QED) is 0.00516. The summed E-state index contributed by atoms with van der Waals surface area (Å²) in [6, 6.07) is 17.3. The molecule has 0 atom stereocenters. The summed E-state index contributed by atoms with van der Waals surface area (Å²) in [4.78, 5) is 86.4. The molecule has 0 radical (unpaired) electrons. The SMILES string of the molecule is BrBr.C1CCOCC1.CC(C)(C)[Si](C)(C)Cl.CC(C)(C)[Si](C)(C)Oc1cc(Br)cc2nccnc12.CS(=O)(=O)OC1CCC(Nc2ncc(Br)cn2)CC1.Fc1ncc(Br)cn1.NC1CCC(O)CC1.Nc1c(O)cc(Br)cc1[N+](=O)[O-].Nc1c(O)cc(Br)cc1[N+](=O)[O-].Nc1c(O)cccc1[N+](=O)[O-].O=CC=O.OC1CCC(Nc2ncc(Br)cn2)CC1.Oc1cc(Br)cc2nccnc12. The molecule has 0 unspecified atom stereocenters. The van der Waals surface area contributed by atoms with Crippen LogP contribution < -0.4 is 38.0 Å². The minimum atomic E-state index is -3.36. The summed E-state index contributed by atoms with van der Waals surface area (Å²) in [5.74, 6) is 1.37. The van der Waals surface area contributed by atoms with E-state index in [0.717, 1.165) is 131 Å². The van der Waals surface area contributed by atoms with E-state index in [0.29, 0.717) is 53.5 Å². The molecule has 1 aliphatic heterocycles. The molecule has 5 aromatic carbocycles. The van der Waals surface area contributed by atoms with Crippen molar-refractivity contribution in [3.63, 3.8) is 0 Å². The first-order chi connectivity index (χ1) is 63.5. The zero-order valence-corrected chi connectivity index (χ0v) is 93.8. The fourth-order valence-corrected chi connectivity index (χ4v) is 14.8. The van der Waals surface area contributed by atoms with E-state index in [-0.39, 0.29) is 99.1 Å². The Bertz CT molecular complexity index is 5330. The Balaban J connectivity index is 0.000000510. The van der Waals surface area contributed by atoms with Gasteiger partial charge in [-0.2, -0.15) is 23.9 Å². The number of benzene rings is 5. The van der Waals surface area contributed by atoms with Gasteiger partial charge in [-0.05, 0) is 210 Å². The predicted octanol–water partition coefficient (Wildman–Crippen LogP) is 22.1. The van der Waals surface area contributed by atoms with Crippen LogP contribution in [0.1, 0.15) is 138 Å². The van der Waals surface area contributed by atoms with Crippen molar-refractivity contribution in [3.8, 4) is 28.7 Å². The summed E-state index contributed by atoms with van der Waals surface area (Å²) >= 11 is 34.0. The number of aliphatic hydroxyl groups excluding tert-OH is 2. The van der Waals surface area contributed by atoms with Gasteiger partial charge in [0.25, 0.3) is 35.5 Å². The van der Waals surface area contributed by atoms with Gasteiger partial charge in [-0.25, -0.2) is 39.9 Å². The number of fused-ring (bicyclic) bond motifs is 2. The molecule has 136 heavy (non-hydrogen) atoms. The van der Waals surface area contributed by atoms with Gasteiger partial charge in [-0.15, -0.1) is 0 Å². The number of nitrogens with one attached hydrogen (secondary N) is 2. The number of nitro benzene ring substituents is 3. The number of carbonyl (C=O) groups excluding carboxylic acids is 2. The van der Waals surface area contributed by atoms with E-state index in [1.807, 2.05) is 18.2 Å². The van der Waals surface area contributed by atoms with Gasteiger partial charge < -0.3 is 73.4 Å². The number of anilines is 5. The lowest BCUT2D eigenvalue weighted by Gasteiger charge is -2.36. The molecule has 4 aliphatic rings. The number of aromatic nitrogens is 10. The summed E-state index contributed by atoms with van der Waals surface area (Å²) in [5.41, 5.74) is 22.6. The highest BCUT2D eigenvalue weighted by Gasteiger charge is 2.40. The fourth-order valence-electron chi connectivity index (χ4n) is 10.7. The number of carbonyl (C=O) groups is 2. The lowest BCUT2D eigenvalue weighted by molar-refractivity contribution is -0.384. The summed E-state index contributed by atoms with van der Waals surface area (Å²) < 4.78 is 55.4. The van der Waals surface area contributed by atoms with Crippen LogP contribution in [0.5, 0.6) is 28.7 Å². The first kappa shape index (κ1) is 124. The van der Waals surface area contributed by atoms with Gasteiger partial charge in [0.15, 0.2) is 37.0 Å². The normalized spacial score (nSPS) is 16.4. The maximum absolute atomic E-state index is 11.8. The monoisotopic (exact) mass is 2540 g/mol. The number of phenols is 4. The summed E-state index contributed by atoms with van der Waals surface area (Å²) in [6.07, 6.45) is 31.1. The van der Waals surface area contributed by atoms with Crippen LogP contribution >= 0.6 is 151 Å². The predicted molar refractivity (Wildman–Crippen MR) is 564 cm³/mol. The average molecular weight is 2550 g/mol. The fraction of sp³-hybridized carbons (Fsp3) is 0.429. The highest BCUT2D eigenvalue weighted by Crippen LogP contribution is 2.42. The highest BCUT2D eigenvalue weighted by atomic mass is 80.9. The number of hydrogen-bond acceptors (Lipinski definition) is 35. The molecule has 748 valence electrons. The molecule has 52 heteroatoms. The van der Waals surface area contributed by atoms with Gasteiger partial charge in [0.05, 0.1) is 63.8 Å². The Morgan fingerprint density at radius 2 is 0.853 bits per heavy atom. The number of aldehydes is 2. The molecule has 10 aromatic rings. The van der Waals surface area contributed by atoms with Crippen LogP contribution in [0.2, 0.25) is 36.3 Å². The molecule has 14 rings (SSSR count). The molecule has 0 bridgehead atoms. The molecule has 0 spiro atoms. The smallest absolute Gasteiger partial charge is 0.308 e. The Hall–Kier alpha value is -7.72. The Morgan fingerprint density at radius 1 is 0.500 bits per heavy atom. The zero-order chi connectivity index (χ0) is 103. The second-order valence-corrected chi connectivity index (χ2v) is 52.7. The minimum Gasteiger partial charge on any atom is -0.542 e. The number of aromatic hydroxyl groups is 4. The highest BCUT2D eigenvalue weighted by molar-refractivity contribution is 9.93. The van der Waals surface area contributed by atoms with Crippen molar-refractivity contribution >= 4 is 257 Å². The number of nitrogens with zero attached hydrogens (tertiary/aromatic N) is 13. The van der Waals surface area contributed by atoms with Gasteiger partial charge in [0.2, 0.25) is 11.9 Å². The third-order valence-corrected chi connectivity index (χ3v) is 33.2. The van der Waals surface area contributed by atoms with E-state index in [1.165, 1.54) is 74.1 Å². The molecule has 3 aliphatic carbocycles. The number of para-hydroxylation sites is 1. The van der Waals surface area contributed by atoms with Crippen LogP contribution in [-0.4, -0.2) is 188 Å². The second kappa shape index (κ2) is 63.2. The third kappa shape index (κ3) is 49.9. The number of hydrogen-bond donors (Lipinski definition) is 12. The van der Waals surface area contributed by atoms with Crippen molar-refractivity contribution in [1.29, 1.82) is 0 Å². The molecule has 5 aromatic heterocycles. The van der Waals surface area contributed by atoms with Crippen LogP contribution in [0.25, 0.3) is 22.1 Å². The lowest BCUT2D eigenvalue weighted by Crippen LogP contribution is -2.43. The Morgan fingerprint density at radius 3 is 1.20 bits per heavy atom. The van der Waals surface area contributed by atoms with E-state index in [2.05, 4.69) is 268 Å². The van der Waals surface area contributed by atoms with Gasteiger partial charge >= 0.3 is 6.08 Å². The average Bonchev–Trinajstić information content (AvgIpc) is 0.790. The third-order valence-electron chi connectivity index (χ3n) is 19.9. The molecular formula is C84H112Br9ClFN19O19SSi2. The zero-order valence-electron chi connectivity index (χ0n) is 75.9.